The Morgan fingerprint density at radius 1 is 1.30 bits per heavy atom. The van der Waals surface area contributed by atoms with E-state index in [1.54, 1.807) is 4.90 Å². The highest BCUT2D eigenvalue weighted by atomic mass is 16.2. The molecule has 2 rings (SSSR count). The first-order chi connectivity index (χ1) is 9.37. The molecule has 0 aromatic carbocycles. The minimum Gasteiger partial charge on any atom is -0.350 e. The van der Waals surface area contributed by atoms with Crippen molar-refractivity contribution in [1.82, 2.24) is 20.4 Å². The molecule has 0 atom stereocenters. The van der Waals surface area contributed by atoms with Gasteiger partial charge in [0.25, 0.3) is 0 Å². The Morgan fingerprint density at radius 2 is 1.95 bits per heavy atom. The Bertz CT molecular complexity index is 372. The van der Waals surface area contributed by atoms with E-state index in [9.17, 15) is 9.59 Å². The van der Waals surface area contributed by atoms with Crippen LogP contribution in [0.2, 0.25) is 0 Å². The molecule has 2 saturated heterocycles. The lowest BCUT2D eigenvalue weighted by molar-refractivity contribution is -0.122. The molecule has 2 aliphatic rings. The fourth-order valence-electron chi connectivity index (χ4n) is 2.84. The van der Waals surface area contributed by atoms with Gasteiger partial charge in [0, 0.05) is 24.7 Å². The van der Waals surface area contributed by atoms with Gasteiger partial charge in [-0.1, -0.05) is 0 Å². The number of amides is 3. The fourth-order valence-corrected chi connectivity index (χ4v) is 2.84. The molecule has 0 aromatic rings. The maximum absolute atomic E-state index is 12.4. The lowest BCUT2D eigenvalue weighted by Crippen LogP contribution is -2.48. The third-order valence-electron chi connectivity index (χ3n) is 3.73. The van der Waals surface area contributed by atoms with Gasteiger partial charge in [-0.05, 0) is 46.7 Å². The van der Waals surface area contributed by atoms with Crippen LogP contribution in [0.1, 0.15) is 33.6 Å². The van der Waals surface area contributed by atoms with E-state index in [1.165, 1.54) is 0 Å². The maximum Gasteiger partial charge on any atom is 0.320 e. The molecule has 0 saturated carbocycles. The average Bonchev–Trinajstić information content (AvgIpc) is 2.70. The predicted molar refractivity (Wildman–Crippen MR) is 77.5 cm³/mol. The molecule has 6 nitrogen and oxygen atoms in total. The topological polar surface area (TPSA) is 64.7 Å². The summed E-state index contributed by atoms with van der Waals surface area (Å²) in [7, 11) is 0. The van der Waals surface area contributed by atoms with Crippen molar-refractivity contribution in [2.45, 2.75) is 45.2 Å². The van der Waals surface area contributed by atoms with Crippen molar-refractivity contribution in [3.05, 3.63) is 0 Å². The SMILES string of the molecule is CC(C)(C)NC(=O)CN1CCN(C2CCNCC2)C1=O. The number of nitrogens with zero attached hydrogens (tertiary/aromatic N) is 2. The summed E-state index contributed by atoms with van der Waals surface area (Å²) in [5, 5.41) is 6.21. The Balaban J connectivity index is 1.86. The second-order valence-electron chi connectivity index (χ2n) is 6.68. The van der Waals surface area contributed by atoms with Crippen LogP contribution in [0.5, 0.6) is 0 Å². The Morgan fingerprint density at radius 3 is 2.55 bits per heavy atom. The van der Waals surface area contributed by atoms with Crippen LogP contribution in [0.3, 0.4) is 0 Å². The lowest BCUT2D eigenvalue weighted by atomic mass is 10.1. The van der Waals surface area contributed by atoms with Crippen LogP contribution in [-0.2, 0) is 4.79 Å². The van der Waals surface area contributed by atoms with E-state index < -0.39 is 0 Å². The summed E-state index contributed by atoms with van der Waals surface area (Å²) in [6, 6.07) is 0.348. The smallest absolute Gasteiger partial charge is 0.320 e. The Kier molecular flexibility index (Phi) is 4.52. The monoisotopic (exact) mass is 282 g/mol. The van der Waals surface area contributed by atoms with E-state index in [-0.39, 0.29) is 24.0 Å². The first-order valence-electron chi connectivity index (χ1n) is 7.44. The number of hydrogen-bond acceptors (Lipinski definition) is 3. The van der Waals surface area contributed by atoms with Crippen LogP contribution in [0, 0.1) is 0 Å². The maximum atomic E-state index is 12.4. The predicted octanol–water partition coefficient (Wildman–Crippen LogP) is 0.391. The van der Waals surface area contributed by atoms with E-state index in [0.29, 0.717) is 12.6 Å². The van der Waals surface area contributed by atoms with Crippen molar-refractivity contribution in [2.75, 3.05) is 32.7 Å². The molecule has 20 heavy (non-hydrogen) atoms. The van der Waals surface area contributed by atoms with Gasteiger partial charge in [-0.25, -0.2) is 4.79 Å². The summed E-state index contributed by atoms with van der Waals surface area (Å²) in [6.45, 7) is 9.33. The van der Waals surface area contributed by atoms with Crippen LogP contribution in [0.4, 0.5) is 4.79 Å². The van der Waals surface area contributed by atoms with Crippen LogP contribution < -0.4 is 10.6 Å². The summed E-state index contributed by atoms with van der Waals surface area (Å²) in [5.41, 5.74) is -0.255. The molecule has 2 fully saturated rings. The number of carbonyl (C=O) groups is 2. The summed E-state index contributed by atoms with van der Waals surface area (Å²) in [5.74, 6) is -0.0852. The summed E-state index contributed by atoms with van der Waals surface area (Å²) in [6.07, 6.45) is 2.02. The second-order valence-corrected chi connectivity index (χ2v) is 6.68. The van der Waals surface area contributed by atoms with Crippen molar-refractivity contribution in [3.63, 3.8) is 0 Å². The van der Waals surface area contributed by atoms with Crippen molar-refractivity contribution in [3.8, 4) is 0 Å². The quantitative estimate of drug-likeness (QED) is 0.787. The number of hydrogen-bond donors (Lipinski definition) is 2. The Labute approximate surface area is 120 Å². The van der Waals surface area contributed by atoms with Gasteiger partial charge >= 0.3 is 6.03 Å². The first-order valence-corrected chi connectivity index (χ1v) is 7.44. The highest BCUT2D eigenvalue weighted by Gasteiger charge is 2.35. The fraction of sp³-hybridized carbons (Fsp3) is 0.857. The minimum atomic E-state index is -0.255. The summed E-state index contributed by atoms with van der Waals surface area (Å²) < 4.78 is 0. The zero-order chi connectivity index (χ0) is 14.8. The molecule has 6 heteroatoms. The molecule has 2 N–H and O–H groups in total. The normalized spacial score (nSPS) is 21.4. The van der Waals surface area contributed by atoms with Crippen LogP contribution >= 0.6 is 0 Å². The van der Waals surface area contributed by atoms with Gasteiger partial charge < -0.3 is 20.4 Å². The number of urea groups is 1. The van der Waals surface area contributed by atoms with E-state index >= 15 is 0 Å². The molecule has 0 radical (unpaired) electrons. The molecule has 0 unspecified atom stereocenters. The van der Waals surface area contributed by atoms with Crippen molar-refractivity contribution in [1.29, 1.82) is 0 Å². The summed E-state index contributed by atoms with van der Waals surface area (Å²) >= 11 is 0. The average molecular weight is 282 g/mol. The lowest BCUT2D eigenvalue weighted by Gasteiger charge is -2.31. The summed E-state index contributed by atoms with van der Waals surface area (Å²) in [4.78, 5) is 27.9. The third kappa shape index (κ3) is 3.85. The number of rotatable bonds is 3. The van der Waals surface area contributed by atoms with Gasteiger partial charge in [-0.2, -0.15) is 0 Å². The van der Waals surface area contributed by atoms with Gasteiger partial charge in [0.15, 0.2) is 0 Å². The van der Waals surface area contributed by atoms with Crippen molar-refractivity contribution < 1.29 is 9.59 Å². The molecule has 0 aliphatic carbocycles. The molecule has 0 aromatic heterocycles. The van der Waals surface area contributed by atoms with E-state index in [0.717, 1.165) is 32.5 Å². The molecule has 2 heterocycles. The number of piperidine rings is 1. The largest absolute Gasteiger partial charge is 0.350 e. The zero-order valence-corrected chi connectivity index (χ0v) is 12.7. The molecule has 2 aliphatic heterocycles. The van der Waals surface area contributed by atoms with Crippen LogP contribution in [0.15, 0.2) is 0 Å². The van der Waals surface area contributed by atoms with Crippen LogP contribution in [-0.4, -0.2) is 66.0 Å². The van der Waals surface area contributed by atoms with Gasteiger partial charge in [0.2, 0.25) is 5.91 Å². The molecule has 0 bridgehead atoms. The second kappa shape index (κ2) is 5.99. The first kappa shape index (κ1) is 15.1. The minimum absolute atomic E-state index is 0.0148. The van der Waals surface area contributed by atoms with Crippen molar-refractivity contribution in [2.24, 2.45) is 0 Å². The van der Waals surface area contributed by atoms with Gasteiger partial charge in [-0.15, -0.1) is 0 Å². The van der Waals surface area contributed by atoms with Gasteiger partial charge in [0.05, 0.1) is 0 Å². The Hall–Kier alpha value is -1.30. The molecular weight excluding hydrogens is 256 g/mol. The van der Waals surface area contributed by atoms with Crippen molar-refractivity contribution >= 4 is 11.9 Å². The number of nitrogens with one attached hydrogen (secondary N) is 2. The van der Waals surface area contributed by atoms with Crippen LogP contribution in [0.25, 0.3) is 0 Å². The zero-order valence-electron chi connectivity index (χ0n) is 12.7. The molecule has 3 amide bonds. The highest BCUT2D eigenvalue weighted by Crippen LogP contribution is 2.18. The van der Waals surface area contributed by atoms with E-state index in [2.05, 4.69) is 10.6 Å². The van der Waals surface area contributed by atoms with E-state index in [4.69, 9.17) is 0 Å². The molecule has 114 valence electrons. The van der Waals surface area contributed by atoms with Gasteiger partial charge in [-0.3, -0.25) is 4.79 Å². The van der Waals surface area contributed by atoms with E-state index in [1.807, 2.05) is 25.7 Å². The third-order valence-corrected chi connectivity index (χ3v) is 3.73. The molecular formula is C14H26N4O2. The molecule has 0 spiro atoms. The van der Waals surface area contributed by atoms with Gasteiger partial charge in [0.1, 0.15) is 6.54 Å². The standard InChI is InChI=1S/C14H26N4O2/c1-14(2,3)16-12(19)10-17-8-9-18(13(17)20)11-4-6-15-7-5-11/h11,15H,4-10H2,1-3H3,(H,16,19). The highest BCUT2D eigenvalue weighted by molar-refractivity contribution is 5.85. The number of carbonyl (C=O) groups excluding carboxylic acids is 2.